The average molecular weight is 326 g/mol. The molecule has 3 rings (SSSR count). The fourth-order valence-electron chi connectivity index (χ4n) is 1.92. The number of hydrogen-bond acceptors (Lipinski definition) is 6. The van der Waals surface area contributed by atoms with Crippen LogP contribution in [0.15, 0.2) is 72.8 Å². The van der Waals surface area contributed by atoms with Crippen molar-refractivity contribution in [1.29, 1.82) is 0 Å². The molecule has 126 valence electrons. The molecule has 0 fully saturated rings. The Morgan fingerprint density at radius 2 is 0.625 bits per heavy atom. The number of hydrogen-bond donors (Lipinski definition) is 4. The average Bonchev–Trinajstić information content (AvgIpc) is 2.54. The molecule has 0 radical (unpaired) electrons. The molecule has 24 heavy (non-hydrogen) atoms. The molecule has 0 bridgehead atoms. The van der Waals surface area contributed by atoms with Crippen LogP contribution in [0.2, 0.25) is 0 Å². The summed E-state index contributed by atoms with van der Waals surface area (Å²) < 4.78 is 11.5. The monoisotopic (exact) mass is 326 g/mol. The highest BCUT2D eigenvalue weighted by Gasteiger charge is 2.00. The molecule has 0 amide bonds. The van der Waals surface area contributed by atoms with E-state index in [4.69, 9.17) is 20.9 Å². The summed E-state index contributed by atoms with van der Waals surface area (Å²) in [5.41, 5.74) is 12.7. The zero-order valence-electron chi connectivity index (χ0n) is 13.3. The van der Waals surface area contributed by atoms with E-state index in [0.29, 0.717) is 11.4 Å². The van der Waals surface area contributed by atoms with Crippen molar-refractivity contribution in [2.45, 2.75) is 0 Å². The molecule has 3 aromatic rings. The molecular formula is C18H22N4O2. The Balaban J connectivity index is 0.00000144. The summed E-state index contributed by atoms with van der Waals surface area (Å²) in [6, 6.07) is 21.9. The van der Waals surface area contributed by atoms with Crippen molar-refractivity contribution in [2.75, 3.05) is 11.5 Å². The van der Waals surface area contributed by atoms with E-state index in [-0.39, 0.29) is 12.3 Å². The quantitative estimate of drug-likeness (QED) is 0.509. The van der Waals surface area contributed by atoms with Gasteiger partial charge in [-0.1, -0.05) is 0 Å². The molecule has 0 aliphatic heterocycles. The van der Waals surface area contributed by atoms with Crippen LogP contribution in [0.25, 0.3) is 0 Å². The molecule has 0 saturated heterocycles. The fraction of sp³-hybridized carbons (Fsp3) is 0. The van der Waals surface area contributed by atoms with Gasteiger partial charge in [-0.3, -0.25) is 0 Å². The summed E-state index contributed by atoms with van der Waals surface area (Å²) in [6.45, 7) is 0. The largest absolute Gasteiger partial charge is 0.457 e. The minimum atomic E-state index is 0. The van der Waals surface area contributed by atoms with Crippen LogP contribution >= 0.6 is 0 Å². The predicted molar refractivity (Wildman–Crippen MR) is 98.3 cm³/mol. The van der Waals surface area contributed by atoms with Gasteiger partial charge in [-0.15, -0.1) is 0 Å². The van der Waals surface area contributed by atoms with Crippen LogP contribution < -0.4 is 33.2 Å². The number of anilines is 2. The van der Waals surface area contributed by atoms with Crippen LogP contribution in [-0.2, 0) is 0 Å². The molecular weight excluding hydrogens is 304 g/mol. The number of ether oxygens (including phenoxy) is 2. The molecule has 0 aliphatic rings. The second kappa shape index (κ2) is 8.42. The van der Waals surface area contributed by atoms with Gasteiger partial charge in [-0.05, 0) is 72.8 Å². The van der Waals surface area contributed by atoms with Gasteiger partial charge in [0.1, 0.15) is 23.0 Å². The summed E-state index contributed by atoms with van der Waals surface area (Å²) in [7, 11) is 0. The van der Waals surface area contributed by atoms with Crippen molar-refractivity contribution in [3.63, 3.8) is 0 Å². The lowest BCUT2D eigenvalue weighted by molar-refractivity contribution is 0.469. The van der Waals surface area contributed by atoms with Crippen molar-refractivity contribution >= 4 is 11.4 Å². The van der Waals surface area contributed by atoms with Crippen LogP contribution in [0.3, 0.4) is 0 Å². The Labute approximate surface area is 141 Å². The molecule has 3 aromatic carbocycles. The standard InChI is InChI=1S/C18H16N2O2.2H3N/c19-13-1-5-15(6-2-13)21-17-9-11-18(12-10-17)22-16-7-3-14(20)4-8-16;;/h1-12H,19-20H2;2*1H3. The molecule has 0 saturated carbocycles. The summed E-state index contributed by atoms with van der Waals surface area (Å²) in [5.74, 6) is 2.94. The molecule has 6 nitrogen and oxygen atoms in total. The van der Waals surface area contributed by atoms with E-state index in [2.05, 4.69) is 0 Å². The van der Waals surface area contributed by atoms with Crippen LogP contribution in [0.5, 0.6) is 23.0 Å². The Kier molecular flexibility index (Phi) is 6.61. The molecule has 0 heterocycles. The maximum Gasteiger partial charge on any atom is 0.127 e. The van der Waals surface area contributed by atoms with Crippen molar-refractivity contribution < 1.29 is 9.47 Å². The third-order valence-corrected chi connectivity index (χ3v) is 3.06. The van der Waals surface area contributed by atoms with Gasteiger partial charge in [-0.25, -0.2) is 0 Å². The van der Waals surface area contributed by atoms with Crippen LogP contribution in [0.1, 0.15) is 0 Å². The maximum atomic E-state index is 5.73. The first-order valence-electron chi connectivity index (χ1n) is 6.86. The summed E-state index contributed by atoms with van der Waals surface area (Å²) in [4.78, 5) is 0. The van der Waals surface area contributed by atoms with Crippen LogP contribution in [-0.4, -0.2) is 0 Å². The first-order valence-corrected chi connectivity index (χ1v) is 6.86. The predicted octanol–water partition coefficient (Wildman–Crippen LogP) is 4.76. The van der Waals surface area contributed by atoms with Crippen molar-refractivity contribution in [1.82, 2.24) is 12.3 Å². The van der Waals surface area contributed by atoms with E-state index >= 15 is 0 Å². The maximum absolute atomic E-state index is 5.73. The number of nitrogen functional groups attached to an aromatic ring is 2. The fourth-order valence-corrected chi connectivity index (χ4v) is 1.92. The van der Waals surface area contributed by atoms with E-state index < -0.39 is 0 Å². The smallest absolute Gasteiger partial charge is 0.127 e. The van der Waals surface area contributed by atoms with E-state index in [1.807, 2.05) is 48.5 Å². The summed E-state index contributed by atoms with van der Waals surface area (Å²) in [5, 5.41) is 0. The first kappa shape index (κ1) is 18.8. The minimum absolute atomic E-state index is 0. The number of benzene rings is 3. The lowest BCUT2D eigenvalue weighted by atomic mass is 10.3. The lowest BCUT2D eigenvalue weighted by Gasteiger charge is -2.08. The Morgan fingerprint density at radius 1 is 0.417 bits per heavy atom. The highest BCUT2D eigenvalue weighted by atomic mass is 16.5. The van der Waals surface area contributed by atoms with Crippen molar-refractivity contribution in [2.24, 2.45) is 0 Å². The zero-order chi connectivity index (χ0) is 15.4. The van der Waals surface area contributed by atoms with E-state index in [9.17, 15) is 0 Å². The second-order valence-corrected chi connectivity index (χ2v) is 4.81. The molecule has 0 aliphatic carbocycles. The third kappa shape index (κ3) is 4.91. The molecule has 6 heteroatoms. The summed E-state index contributed by atoms with van der Waals surface area (Å²) >= 11 is 0. The molecule has 0 unspecified atom stereocenters. The van der Waals surface area contributed by atoms with E-state index in [1.54, 1.807) is 24.3 Å². The van der Waals surface area contributed by atoms with Crippen LogP contribution in [0, 0.1) is 0 Å². The van der Waals surface area contributed by atoms with Crippen molar-refractivity contribution in [3.05, 3.63) is 72.8 Å². The number of rotatable bonds is 4. The Morgan fingerprint density at radius 3 is 0.875 bits per heavy atom. The van der Waals surface area contributed by atoms with Gasteiger partial charge in [-0.2, -0.15) is 0 Å². The SMILES string of the molecule is N.N.Nc1ccc(Oc2ccc(Oc3ccc(N)cc3)cc2)cc1. The van der Waals surface area contributed by atoms with Gasteiger partial charge in [0.05, 0.1) is 0 Å². The van der Waals surface area contributed by atoms with Crippen molar-refractivity contribution in [3.8, 4) is 23.0 Å². The normalized spacial score (nSPS) is 9.33. The molecule has 0 aromatic heterocycles. The highest BCUT2D eigenvalue weighted by Crippen LogP contribution is 2.27. The second-order valence-electron chi connectivity index (χ2n) is 4.81. The van der Waals surface area contributed by atoms with Gasteiger partial charge in [0.2, 0.25) is 0 Å². The highest BCUT2D eigenvalue weighted by molar-refractivity contribution is 5.45. The Hall–Kier alpha value is -3.22. The van der Waals surface area contributed by atoms with Crippen LogP contribution in [0.4, 0.5) is 11.4 Å². The zero-order valence-corrected chi connectivity index (χ0v) is 13.3. The van der Waals surface area contributed by atoms with E-state index in [1.165, 1.54) is 0 Å². The minimum Gasteiger partial charge on any atom is -0.457 e. The Bertz CT molecular complexity index is 675. The van der Waals surface area contributed by atoms with E-state index in [0.717, 1.165) is 23.0 Å². The first-order chi connectivity index (χ1) is 10.7. The number of nitrogens with two attached hydrogens (primary N) is 2. The molecule has 0 spiro atoms. The third-order valence-electron chi connectivity index (χ3n) is 3.06. The van der Waals surface area contributed by atoms with Gasteiger partial charge >= 0.3 is 0 Å². The molecule has 0 atom stereocenters. The van der Waals surface area contributed by atoms with Gasteiger partial charge in [0.25, 0.3) is 0 Å². The summed E-state index contributed by atoms with van der Waals surface area (Å²) in [6.07, 6.45) is 0. The van der Waals surface area contributed by atoms with Gasteiger partial charge < -0.3 is 33.2 Å². The topological polar surface area (TPSA) is 140 Å². The lowest BCUT2D eigenvalue weighted by Crippen LogP contribution is -1.88. The molecule has 10 N–H and O–H groups in total. The van der Waals surface area contributed by atoms with Gasteiger partial charge in [0.15, 0.2) is 0 Å². The van der Waals surface area contributed by atoms with Gasteiger partial charge in [0, 0.05) is 11.4 Å².